The van der Waals surface area contributed by atoms with E-state index in [0.717, 1.165) is 17.3 Å². The third kappa shape index (κ3) is 3.85. The molecule has 1 saturated heterocycles. The lowest BCUT2D eigenvalue weighted by molar-refractivity contribution is -0.117. The Balaban J connectivity index is 2.03. The van der Waals surface area contributed by atoms with Gasteiger partial charge in [0.2, 0.25) is 5.91 Å². The second-order valence-electron chi connectivity index (χ2n) is 5.97. The van der Waals surface area contributed by atoms with E-state index in [0.29, 0.717) is 17.9 Å². The fourth-order valence-corrected chi connectivity index (χ4v) is 4.13. The SMILES string of the molecule is COc1cccc(N2C(=O)C(Cc3ccc(F)cc3)S/C2=C(/C#N)C(N)=O)c1. The second-order valence-corrected chi connectivity index (χ2v) is 7.16. The van der Waals surface area contributed by atoms with Crippen molar-refractivity contribution in [1.82, 2.24) is 0 Å². The van der Waals surface area contributed by atoms with Crippen molar-refractivity contribution < 1.29 is 18.7 Å². The molecule has 0 saturated carbocycles. The van der Waals surface area contributed by atoms with Crippen molar-refractivity contribution >= 4 is 29.3 Å². The Morgan fingerprint density at radius 1 is 1.32 bits per heavy atom. The summed E-state index contributed by atoms with van der Waals surface area (Å²) >= 11 is 1.09. The molecule has 2 N–H and O–H groups in total. The van der Waals surface area contributed by atoms with Crippen molar-refractivity contribution in [3.05, 3.63) is 70.5 Å². The molecule has 0 aromatic heterocycles. The zero-order chi connectivity index (χ0) is 20.3. The number of benzene rings is 2. The number of nitrogens with zero attached hydrogens (tertiary/aromatic N) is 2. The molecule has 6 nitrogen and oxygen atoms in total. The van der Waals surface area contributed by atoms with Crippen LogP contribution in [-0.2, 0) is 16.0 Å². The highest BCUT2D eigenvalue weighted by Crippen LogP contribution is 2.42. The number of hydrogen-bond acceptors (Lipinski definition) is 5. The summed E-state index contributed by atoms with van der Waals surface area (Å²) in [6.07, 6.45) is 0.311. The number of nitriles is 1. The maximum Gasteiger partial charge on any atom is 0.262 e. The van der Waals surface area contributed by atoms with E-state index in [2.05, 4.69) is 0 Å². The third-order valence-electron chi connectivity index (χ3n) is 4.17. The Bertz CT molecular complexity index is 999. The Morgan fingerprint density at radius 2 is 2.04 bits per heavy atom. The van der Waals surface area contributed by atoms with E-state index in [4.69, 9.17) is 10.5 Å². The molecule has 0 aliphatic carbocycles. The Kier molecular flexibility index (Phi) is 5.66. The molecule has 1 fully saturated rings. The van der Waals surface area contributed by atoms with Crippen LogP contribution in [0.2, 0.25) is 0 Å². The van der Waals surface area contributed by atoms with E-state index in [1.165, 1.54) is 24.1 Å². The summed E-state index contributed by atoms with van der Waals surface area (Å²) in [6, 6.07) is 14.4. The molecular formula is C20H16FN3O3S. The van der Waals surface area contributed by atoms with Crippen LogP contribution in [0.4, 0.5) is 10.1 Å². The largest absolute Gasteiger partial charge is 0.497 e. The highest BCUT2D eigenvalue weighted by atomic mass is 32.2. The van der Waals surface area contributed by atoms with E-state index < -0.39 is 11.2 Å². The highest BCUT2D eigenvalue weighted by molar-refractivity contribution is 8.05. The summed E-state index contributed by atoms with van der Waals surface area (Å²) in [4.78, 5) is 26.2. The average molecular weight is 397 g/mol. The van der Waals surface area contributed by atoms with Gasteiger partial charge in [-0.15, -0.1) is 0 Å². The van der Waals surface area contributed by atoms with E-state index in [-0.39, 0.29) is 22.3 Å². The fraction of sp³-hybridized carbons (Fsp3) is 0.150. The summed E-state index contributed by atoms with van der Waals surface area (Å²) in [6.45, 7) is 0. The van der Waals surface area contributed by atoms with Crippen LogP contribution in [0, 0.1) is 17.1 Å². The van der Waals surface area contributed by atoms with E-state index in [1.807, 2.05) is 0 Å². The minimum absolute atomic E-state index is 0.181. The third-order valence-corrected chi connectivity index (χ3v) is 5.43. The van der Waals surface area contributed by atoms with Crippen LogP contribution in [0.5, 0.6) is 5.75 Å². The number of primary amides is 1. The lowest BCUT2D eigenvalue weighted by Crippen LogP contribution is -2.31. The first-order valence-corrected chi connectivity index (χ1v) is 9.16. The van der Waals surface area contributed by atoms with Crippen LogP contribution in [-0.4, -0.2) is 24.2 Å². The topological polar surface area (TPSA) is 96.4 Å². The lowest BCUT2D eigenvalue weighted by atomic mass is 10.1. The molecule has 1 unspecified atom stereocenters. The first-order chi connectivity index (χ1) is 13.4. The van der Waals surface area contributed by atoms with Crippen molar-refractivity contribution in [2.75, 3.05) is 12.0 Å². The fourth-order valence-electron chi connectivity index (χ4n) is 2.82. The van der Waals surface area contributed by atoms with Gasteiger partial charge >= 0.3 is 0 Å². The Labute approximate surface area is 165 Å². The zero-order valence-electron chi connectivity index (χ0n) is 14.9. The van der Waals surface area contributed by atoms with Crippen LogP contribution in [0.3, 0.4) is 0 Å². The number of anilines is 1. The van der Waals surface area contributed by atoms with Gasteiger partial charge in [0.05, 0.1) is 18.0 Å². The van der Waals surface area contributed by atoms with Crippen molar-refractivity contribution in [3.63, 3.8) is 0 Å². The van der Waals surface area contributed by atoms with Gasteiger partial charge in [-0.2, -0.15) is 5.26 Å². The molecular weight excluding hydrogens is 381 g/mol. The molecule has 1 atom stereocenters. The summed E-state index contributed by atoms with van der Waals surface area (Å²) in [5, 5.41) is 8.98. The van der Waals surface area contributed by atoms with Crippen LogP contribution >= 0.6 is 11.8 Å². The number of ether oxygens (including phenoxy) is 1. The molecule has 2 amide bonds. The number of hydrogen-bond donors (Lipinski definition) is 1. The van der Waals surface area contributed by atoms with Crippen molar-refractivity contribution in [3.8, 4) is 11.8 Å². The minimum atomic E-state index is -0.909. The predicted molar refractivity (Wildman–Crippen MR) is 104 cm³/mol. The maximum absolute atomic E-state index is 13.1. The van der Waals surface area contributed by atoms with Crippen molar-refractivity contribution in [2.24, 2.45) is 5.73 Å². The van der Waals surface area contributed by atoms with Gasteiger partial charge < -0.3 is 10.5 Å². The molecule has 1 heterocycles. The number of methoxy groups -OCH3 is 1. The predicted octanol–water partition coefficient (Wildman–Crippen LogP) is 2.75. The summed E-state index contributed by atoms with van der Waals surface area (Å²) in [5.74, 6) is -1.05. The quantitative estimate of drug-likeness (QED) is 0.618. The van der Waals surface area contributed by atoms with Crippen LogP contribution in [0.15, 0.2) is 59.1 Å². The number of amides is 2. The number of carbonyl (C=O) groups excluding carboxylic acids is 2. The molecule has 8 heteroatoms. The van der Waals surface area contributed by atoms with E-state index in [1.54, 1.807) is 42.5 Å². The van der Waals surface area contributed by atoms with Gasteiger partial charge in [0.25, 0.3) is 5.91 Å². The number of thioether (sulfide) groups is 1. The van der Waals surface area contributed by atoms with Gasteiger partial charge in [-0.1, -0.05) is 30.0 Å². The highest BCUT2D eigenvalue weighted by Gasteiger charge is 2.40. The van der Waals surface area contributed by atoms with Gasteiger partial charge in [0.15, 0.2) is 0 Å². The number of nitrogens with two attached hydrogens (primary N) is 1. The molecule has 0 radical (unpaired) electrons. The van der Waals surface area contributed by atoms with Gasteiger partial charge in [-0.25, -0.2) is 4.39 Å². The molecule has 3 rings (SSSR count). The molecule has 0 bridgehead atoms. The molecule has 142 valence electrons. The molecule has 0 spiro atoms. The number of halogens is 1. The van der Waals surface area contributed by atoms with Crippen LogP contribution in [0.25, 0.3) is 0 Å². The lowest BCUT2D eigenvalue weighted by Gasteiger charge is -2.18. The van der Waals surface area contributed by atoms with Gasteiger partial charge in [0.1, 0.15) is 28.2 Å². The molecule has 1 aliphatic rings. The monoisotopic (exact) mass is 397 g/mol. The van der Waals surface area contributed by atoms with Crippen LogP contribution < -0.4 is 15.4 Å². The van der Waals surface area contributed by atoms with Crippen molar-refractivity contribution in [1.29, 1.82) is 5.26 Å². The summed E-state index contributed by atoms with van der Waals surface area (Å²) in [5.41, 5.74) is 6.28. The van der Waals surface area contributed by atoms with Gasteiger partial charge in [-0.05, 0) is 36.2 Å². The number of carbonyl (C=O) groups is 2. The first-order valence-electron chi connectivity index (χ1n) is 8.28. The standard InChI is InChI=1S/C20H16FN3O3S/c1-27-15-4-2-3-14(10-15)24-19(26)17(9-12-5-7-13(21)8-6-12)28-20(24)16(11-22)18(23)25/h2-8,10,17H,9H2,1H3,(H2,23,25)/b20-16-. The average Bonchev–Trinajstić information content (AvgIpc) is 3.00. The zero-order valence-corrected chi connectivity index (χ0v) is 15.7. The van der Waals surface area contributed by atoms with Gasteiger partial charge in [-0.3, -0.25) is 14.5 Å². The Hall–Kier alpha value is -3.31. The molecule has 2 aromatic rings. The van der Waals surface area contributed by atoms with E-state index in [9.17, 15) is 19.2 Å². The van der Waals surface area contributed by atoms with Crippen molar-refractivity contribution in [2.45, 2.75) is 11.7 Å². The molecule has 1 aliphatic heterocycles. The second kappa shape index (κ2) is 8.15. The smallest absolute Gasteiger partial charge is 0.262 e. The number of rotatable bonds is 5. The molecule has 28 heavy (non-hydrogen) atoms. The van der Waals surface area contributed by atoms with E-state index >= 15 is 0 Å². The van der Waals surface area contributed by atoms with Crippen LogP contribution in [0.1, 0.15) is 5.56 Å². The Morgan fingerprint density at radius 3 is 2.64 bits per heavy atom. The van der Waals surface area contributed by atoms with Gasteiger partial charge in [0, 0.05) is 6.07 Å². The minimum Gasteiger partial charge on any atom is -0.497 e. The maximum atomic E-state index is 13.1. The normalized spacial score (nSPS) is 18.0. The molecule has 2 aromatic carbocycles. The first kappa shape index (κ1) is 19.5. The summed E-state index contributed by atoms with van der Waals surface area (Å²) in [7, 11) is 1.50. The summed E-state index contributed by atoms with van der Waals surface area (Å²) < 4.78 is 18.3.